The average Bonchev–Trinajstić information content (AvgIpc) is 3.07. The first-order chi connectivity index (χ1) is 9.61. The lowest BCUT2D eigenvalue weighted by Crippen LogP contribution is -2.53. The van der Waals surface area contributed by atoms with Gasteiger partial charge in [-0.2, -0.15) is 0 Å². The van der Waals surface area contributed by atoms with Crippen LogP contribution >= 0.6 is 0 Å². The summed E-state index contributed by atoms with van der Waals surface area (Å²) < 4.78 is 5.52. The maximum Gasteiger partial charge on any atom is 0.229 e. The van der Waals surface area contributed by atoms with Gasteiger partial charge in [0.15, 0.2) is 0 Å². The van der Waals surface area contributed by atoms with Crippen molar-refractivity contribution in [1.82, 2.24) is 9.80 Å². The van der Waals surface area contributed by atoms with Crippen molar-refractivity contribution in [2.75, 3.05) is 32.7 Å². The lowest BCUT2D eigenvalue weighted by atomic mass is 9.82. The molecular weight excluding hydrogens is 260 g/mol. The van der Waals surface area contributed by atoms with E-state index in [9.17, 15) is 14.7 Å². The third kappa shape index (κ3) is 2.13. The van der Waals surface area contributed by atoms with Crippen molar-refractivity contribution in [3.8, 4) is 0 Å². The van der Waals surface area contributed by atoms with Crippen molar-refractivity contribution in [2.24, 2.45) is 11.8 Å². The van der Waals surface area contributed by atoms with E-state index < -0.39 is 30.0 Å². The van der Waals surface area contributed by atoms with Crippen LogP contribution in [0.1, 0.15) is 6.92 Å². The molecule has 2 unspecified atom stereocenters. The van der Waals surface area contributed by atoms with Crippen molar-refractivity contribution < 1.29 is 19.4 Å². The number of carbonyl (C=O) groups is 2. The van der Waals surface area contributed by atoms with E-state index in [2.05, 4.69) is 11.8 Å². The summed E-state index contributed by atoms with van der Waals surface area (Å²) in [6.07, 6.45) is 2.62. The minimum absolute atomic E-state index is 0.105. The monoisotopic (exact) mass is 279 g/mol. The van der Waals surface area contributed by atoms with Crippen molar-refractivity contribution in [1.29, 1.82) is 0 Å². The van der Waals surface area contributed by atoms with E-state index in [1.807, 2.05) is 0 Å². The Morgan fingerprint density at radius 3 is 2.30 bits per heavy atom. The van der Waals surface area contributed by atoms with Crippen LogP contribution in [0, 0.1) is 11.8 Å². The number of nitrogens with zero attached hydrogens (tertiary/aromatic N) is 2. The molecule has 0 aliphatic carbocycles. The zero-order valence-corrected chi connectivity index (χ0v) is 11.5. The quantitative estimate of drug-likeness (QED) is 0.586. The van der Waals surface area contributed by atoms with Crippen LogP contribution in [0.4, 0.5) is 0 Å². The third-order valence-corrected chi connectivity index (χ3v) is 4.59. The van der Waals surface area contributed by atoms with E-state index >= 15 is 0 Å². The molecule has 0 N–H and O–H groups in total. The van der Waals surface area contributed by atoms with Crippen LogP contribution in [0.5, 0.6) is 0 Å². The summed E-state index contributed by atoms with van der Waals surface area (Å²) in [5, 5.41) is 11.3. The number of ether oxygens (including phenoxy) is 1. The smallest absolute Gasteiger partial charge is 0.229 e. The summed E-state index contributed by atoms with van der Waals surface area (Å²) in [6, 6.07) is 0. The molecule has 3 rings (SSSR count). The van der Waals surface area contributed by atoms with Crippen molar-refractivity contribution in [3.05, 3.63) is 12.2 Å². The molecule has 2 bridgehead atoms. The van der Waals surface area contributed by atoms with Crippen LogP contribution in [0.2, 0.25) is 0 Å². The normalized spacial score (nSPS) is 36.5. The minimum Gasteiger partial charge on any atom is -0.550 e. The van der Waals surface area contributed by atoms with Crippen LogP contribution in [0.25, 0.3) is 0 Å². The number of fused-ring (bicyclic) bond motifs is 2. The zero-order valence-electron chi connectivity index (χ0n) is 11.5. The van der Waals surface area contributed by atoms with Gasteiger partial charge in [0.05, 0.1) is 18.1 Å². The molecule has 3 aliphatic heterocycles. The molecule has 6 heteroatoms. The summed E-state index contributed by atoms with van der Waals surface area (Å²) in [6.45, 7) is 6.07. The molecule has 0 radical (unpaired) electrons. The van der Waals surface area contributed by atoms with Crippen molar-refractivity contribution in [2.45, 2.75) is 19.1 Å². The van der Waals surface area contributed by atoms with Crippen LogP contribution < -0.4 is 5.11 Å². The first-order valence-corrected chi connectivity index (χ1v) is 7.17. The summed E-state index contributed by atoms with van der Waals surface area (Å²) >= 11 is 0. The van der Waals surface area contributed by atoms with Crippen molar-refractivity contribution in [3.63, 3.8) is 0 Å². The van der Waals surface area contributed by atoms with Crippen LogP contribution in [-0.2, 0) is 14.3 Å². The van der Waals surface area contributed by atoms with Crippen LogP contribution in [0.15, 0.2) is 12.2 Å². The molecule has 2 fully saturated rings. The predicted molar refractivity (Wildman–Crippen MR) is 68.5 cm³/mol. The maximum atomic E-state index is 12.6. The number of aliphatic carboxylic acids is 1. The number of rotatable bonds is 3. The maximum absolute atomic E-state index is 12.6. The molecule has 2 saturated heterocycles. The van der Waals surface area contributed by atoms with E-state index in [1.54, 1.807) is 17.1 Å². The van der Waals surface area contributed by atoms with Gasteiger partial charge >= 0.3 is 0 Å². The fourth-order valence-electron chi connectivity index (χ4n) is 3.38. The second-order valence-electron chi connectivity index (χ2n) is 5.58. The fourth-order valence-corrected chi connectivity index (χ4v) is 3.38. The Hall–Kier alpha value is -1.40. The van der Waals surface area contributed by atoms with Crippen LogP contribution in [-0.4, -0.2) is 66.6 Å². The molecule has 6 nitrogen and oxygen atoms in total. The molecule has 110 valence electrons. The number of piperazine rings is 1. The first-order valence-electron chi connectivity index (χ1n) is 7.17. The Labute approximate surface area is 118 Å². The Morgan fingerprint density at radius 1 is 1.15 bits per heavy atom. The first kappa shape index (κ1) is 13.6. The number of amides is 1. The Kier molecular flexibility index (Phi) is 3.52. The van der Waals surface area contributed by atoms with E-state index in [-0.39, 0.29) is 5.91 Å². The second-order valence-corrected chi connectivity index (χ2v) is 5.58. The van der Waals surface area contributed by atoms with Gasteiger partial charge in [0, 0.05) is 38.1 Å². The van der Waals surface area contributed by atoms with Gasteiger partial charge in [-0.3, -0.25) is 4.79 Å². The summed E-state index contributed by atoms with van der Waals surface area (Å²) in [5.74, 6) is -2.76. The molecule has 20 heavy (non-hydrogen) atoms. The number of carboxylic acids is 1. The highest BCUT2D eigenvalue weighted by atomic mass is 16.5. The predicted octanol–water partition coefficient (Wildman–Crippen LogP) is -1.53. The number of carbonyl (C=O) groups excluding carboxylic acids is 2. The van der Waals surface area contributed by atoms with Gasteiger partial charge < -0.3 is 24.4 Å². The topological polar surface area (TPSA) is 72.9 Å². The van der Waals surface area contributed by atoms with Gasteiger partial charge in [0.2, 0.25) is 5.91 Å². The molecule has 0 aromatic heterocycles. The van der Waals surface area contributed by atoms with Crippen molar-refractivity contribution >= 4 is 11.9 Å². The molecule has 1 amide bonds. The van der Waals surface area contributed by atoms with Crippen LogP contribution in [0.3, 0.4) is 0 Å². The molecule has 0 spiro atoms. The SMILES string of the molecule is CCN1CCN(C(=O)C2C(C(=O)[O-])[C@@H]3C=C[C@H]2O3)CC1. The van der Waals surface area contributed by atoms with Gasteiger partial charge in [0.25, 0.3) is 0 Å². The number of hydrogen-bond donors (Lipinski definition) is 0. The highest BCUT2D eigenvalue weighted by molar-refractivity contribution is 5.86. The average molecular weight is 279 g/mol. The van der Waals surface area contributed by atoms with Gasteiger partial charge in [-0.25, -0.2) is 0 Å². The Balaban J connectivity index is 1.71. The molecule has 0 aromatic rings. The fraction of sp³-hybridized carbons (Fsp3) is 0.714. The Bertz CT molecular complexity index is 442. The van der Waals surface area contributed by atoms with Gasteiger partial charge in [-0.15, -0.1) is 0 Å². The minimum atomic E-state index is -1.19. The number of likely N-dealkylation sites (N-methyl/N-ethyl adjacent to an activating group) is 1. The lowest BCUT2D eigenvalue weighted by Gasteiger charge is -2.37. The molecular formula is C14H19N2O4-. The summed E-state index contributed by atoms with van der Waals surface area (Å²) in [4.78, 5) is 27.9. The summed E-state index contributed by atoms with van der Waals surface area (Å²) in [5.41, 5.74) is 0. The van der Waals surface area contributed by atoms with E-state index in [1.165, 1.54) is 0 Å². The van der Waals surface area contributed by atoms with E-state index in [0.717, 1.165) is 19.6 Å². The molecule has 3 aliphatic rings. The van der Waals surface area contributed by atoms with Gasteiger partial charge in [0.1, 0.15) is 0 Å². The number of carboxylic acid groups (broad SMARTS) is 1. The van der Waals surface area contributed by atoms with E-state index in [4.69, 9.17) is 4.74 Å². The van der Waals surface area contributed by atoms with E-state index in [0.29, 0.717) is 13.1 Å². The highest BCUT2D eigenvalue weighted by Gasteiger charge is 2.51. The zero-order chi connectivity index (χ0) is 14.3. The largest absolute Gasteiger partial charge is 0.550 e. The molecule has 4 atom stereocenters. The number of hydrogen-bond acceptors (Lipinski definition) is 5. The molecule has 0 saturated carbocycles. The third-order valence-electron chi connectivity index (χ3n) is 4.59. The molecule has 0 aromatic carbocycles. The molecule has 3 heterocycles. The standard InChI is InChI=1S/C14H20N2O4/c1-2-15-5-7-16(8-6-15)13(17)11-9-3-4-10(20-9)12(11)14(18)19/h3-4,9-12H,2,5-8H2,1H3,(H,18,19)/p-1/t9-,10+,11?,12?/m1/s1. The van der Waals surface area contributed by atoms with Gasteiger partial charge in [-0.1, -0.05) is 19.1 Å². The Morgan fingerprint density at radius 2 is 1.75 bits per heavy atom. The lowest BCUT2D eigenvalue weighted by molar-refractivity contribution is -0.313. The highest BCUT2D eigenvalue weighted by Crippen LogP contribution is 2.39. The van der Waals surface area contributed by atoms with Gasteiger partial charge in [-0.05, 0) is 6.54 Å². The summed E-state index contributed by atoms with van der Waals surface area (Å²) in [7, 11) is 0. The second kappa shape index (κ2) is 5.18.